The fourth-order valence-electron chi connectivity index (χ4n) is 3.57. The zero-order chi connectivity index (χ0) is 19.7. The highest BCUT2D eigenvalue weighted by Crippen LogP contribution is 2.27. The Balaban J connectivity index is 1.51. The lowest BCUT2D eigenvalue weighted by Crippen LogP contribution is -2.53. The average molecular weight is 387 g/mol. The summed E-state index contributed by atoms with van der Waals surface area (Å²) in [5, 5.41) is 10.0. The standard InChI is InChI=1S/C18H25N7O3/c1-11(2)28-18(26)25-6-7-27-14-10-24(9-13(14)25)17-20-12(3)8-16(22-17)21-15-4-5-19-23-15/h4-5,8,11,13-14H,6-7,9-10H2,1-3H3,(H2,19,20,21,22,23)/t13-,14-/m1/s1. The predicted octanol–water partition coefficient (Wildman–Crippen LogP) is 1.69. The Hall–Kier alpha value is -2.88. The second-order valence-corrected chi connectivity index (χ2v) is 7.29. The van der Waals surface area contributed by atoms with Gasteiger partial charge in [0.25, 0.3) is 0 Å². The van der Waals surface area contributed by atoms with Crippen LogP contribution in [0.2, 0.25) is 0 Å². The number of hydrogen-bond acceptors (Lipinski definition) is 8. The Morgan fingerprint density at radius 3 is 2.96 bits per heavy atom. The number of carbonyl (C=O) groups excluding carboxylic acids is 1. The molecule has 0 aliphatic carbocycles. The molecule has 10 heteroatoms. The monoisotopic (exact) mass is 387 g/mol. The summed E-state index contributed by atoms with van der Waals surface area (Å²) in [5.74, 6) is 1.96. The van der Waals surface area contributed by atoms with Gasteiger partial charge in [-0.2, -0.15) is 10.1 Å². The molecule has 0 radical (unpaired) electrons. The minimum Gasteiger partial charge on any atom is -0.447 e. The van der Waals surface area contributed by atoms with Gasteiger partial charge in [0.15, 0.2) is 5.82 Å². The highest BCUT2D eigenvalue weighted by Gasteiger charge is 2.43. The largest absolute Gasteiger partial charge is 0.447 e. The Morgan fingerprint density at radius 1 is 1.36 bits per heavy atom. The number of rotatable bonds is 4. The Kier molecular flexibility index (Phi) is 5.03. The van der Waals surface area contributed by atoms with E-state index in [0.29, 0.717) is 43.8 Å². The number of amides is 1. The Bertz CT molecular complexity index is 827. The number of carbonyl (C=O) groups is 1. The number of nitrogens with zero attached hydrogens (tertiary/aromatic N) is 5. The van der Waals surface area contributed by atoms with Gasteiger partial charge in [-0.15, -0.1) is 0 Å². The summed E-state index contributed by atoms with van der Waals surface area (Å²) in [4.78, 5) is 25.5. The van der Waals surface area contributed by atoms with Crippen molar-refractivity contribution in [2.45, 2.75) is 39.0 Å². The second kappa shape index (κ2) is 7.63. The van der Waals surface area contributed by atoms with Crippen molar-refractivity contribution in [1.29, 1.82) is 0 Å². The first kappa shape index (κ1) is 18.5. The summed E-state index contributed by atoms with van der Waals surface area (Å²) in [7, 11) is 0. The summed E-state index contributed by atoms with van der Waals surface area (Å²) in [6.45, 7) is 7.89. The van der Waals surface area contributed by atoms with Crippen molar-refractivity contribution in [3.8, 4) is 0 Å². The first-order valence-corrected chi connectivity index (χ1v) is 9.46. The summed E-state index contributed by atoms with van der Waals surface area (Å²) >= 11 is 0. The van der Waals surface area contributed by atoms with Crippen LogP contribution >= 0.6 is 0 Å². The number of aryl methyl sites for hydroxylation is 1. The number of ether oxygens (including phenoxy) is 2. The highest BCUT2D eigenvalue weighted by atomic mass is 16.6. The number of aromatic nitrogens is 4. The van der Waals surface area contributed by atoms with Crippen LogP contribution in [0.25, 0.3) is 0 Å². The molecule has 2 atom stereocenters. The van der Waals surface area contributed by atoms with Crippen LogP contribution < -0.4 is 10.2 Å². The fraction of sp³-hybridized carbons (Fsp3) is 0.556. The van der Waals surface area contributed by atoms with Gasteiger partial charge in [0.05, 0.1) is 24.9 Å². The molecular weight excluding hydrogens is 362 g/mol. The molecule has 2 saturated heterocycles. The molecule has 0 unspecified atom stereocenters. The van der Waals surface area contributed by atoms with E-state index in [2.05, 4.69) is 30.4 Å². The van der Waals surface area contributed by atoms with E-state index in [9.17, 15) is 4.79 Å². The van der Waals surface area contributed by atoms with Crippen LogP contribution in [0.1, 0.15) is 19.5 Å². The lowest BCUT2D eigenvalue weighted by atomic mass is 10.1. The predicted molar refractivity (Wildman–Crippen MR) is 103 cm³/mol. The molecule has 0 saturated carbocycles. The summed E-state index contributed by atoms with van der Waals surface area (Å²) in [6.07, 6.45) is 1.22. The molecule has 0 aromatic carbocycles. The smallest absolute Gasteiger partial charge is 0.410 e. The second-order valence-electron chi connectivity index (χ2n) is 7.29. The minimum atomic E-state index is -0.291. The third-order valence-corrected chi connectivity index (χ3v) is 4.75. The molecule has 10 nitrogen and oxygen atoms in total. The molecule has 0 bridgehead atoms. The lowest BCUT2D eigenvalue weighted by Gasteiger charge is -2.36. The maximum Gasteiger partial charge on any atom is 0.410 e. The zero-order valence-electron chi connectivity index (χ0n) is 16.3. The minimum absolute atomic E-state index is 0.0770. The van der Waals surface area contributed by atoms with Crippen LogP contribution in [-0.2, 0) is 9.47 Å². The van der Waals surface area contributed by atoms with Crippen LogP contribution in [-0.4, -0.2) is 75.6 Å². The van der Waals surface area contributed by atoms with E-state index < -0.39 is 0 Å². The Morgan fingerprint density at radius 2 is 2.21 bits per heavy atom. The van der Waals surface area contributed by atoms with E-state index in [1.807, 2.05) is 32.9 Å². The molecule has 4 rings (SSSR count). The summed E-state index contributed by atoms with van der Waals surface area (Å²) in [5.41, 5.74) is 0.842. The van der Waals surface area contributed by atoms with Crippen molar-refractivity contribution in [2.24, 2.45) is 0 Å². The number of nitrogens with one attached hydrogen (secondary N) is 2. The van der Waals surface area contributed by atoms with Crippen molar-refractivity contribution in [2.75, 3.05) is 36.5 Å². The zero-order valence-corrected chi connectivity index (χ0v) is 16.3. The van der Waals surface area contributed by atoms with Gasteiger partial charge in [-0.3, -0.25) is 10.00 Å². The summed E-state index contributed by atoms with van der Waals surface area (Å²) < 4.78 is 11.3. The molecule has 4 heterocycles. The van der Waals surface area contributed by atoms with E-state index in [1.54, 1.807) is 11.1 Å². The van der Waals surface area contributed by atoms with Gasteiger partial charge >= 0.3 is 6.09 Å². The average Bonchev–Trinajstić information content (AvgIpc) is 3.29. The molecule has 28 heavy (non-hydrogen) atoms. The van der Waals surface area contributed by atoms with Crippen molar-refractivity contribution in [3.63, 3.8) is 0 Å². The van der Waals surface area contributed by atoms with Gasteiger partial charge in [0, 0.05) is 43.7 Å². The van der Waals surface area contributed by atoms with Crippen molar-refractivity contribution in [1.82, 2.24) is 25.1 Å². The molecule has 2 aromatic rings. The van der Waals surface area contributed by atoms with E-state index in [0.717, 1.165) is 5.69 Å². The number of aromatic amines is 1. The first-order chi connectivity index (χ1) is 13.5. The number of hydrogen-bond donors (Lipinski definition) is 2. The fourth-order valence-corrected chi connectivity index (χ4v) is 3.57. The van der Waals surface area contributed by atoms with E-state index in [1.165, 1.54) is 0 Å². The number of anilines is 3. The maximum atomic E-state index is 12.5. The van der Waals surface area contributed by atoms with Crippen molar-refractivity contribution in [3.05, 3.63) is 24.0 Å². The normalized spacial score (nSPS) is 21.7. The van der Waals surface area contributed by atoms with Gasteiger partial charge in [-0.1, -0.05) is 0 Å². The number of fused-ring (bicyclic) bond motifs is 1. The van der Waals surface area contributed by atoms with Crippen LogP contribution in [0.3, 0.4) is 0 Å². The van der Waals surface area contributed by atoms with Crippen LogP contribution in [0.4, 0.5) is 22.4 Å². The van der Waals surface area contributed by atoms with Crippen molar-refractivity contribution < 1.29 is 14.3 Å². The maximum absolute atomic E-state index is 12.5. The number of H-pyrrole nitrogens is 1. The topological polar surface area (TPSA) is 108 Å². The summed E-state index contributed by atoms with van der Waals surface area (Å²) in [6, 6.07) is 3.62. The van der Waals surface area contributed by atoms with Crippen LogP contribution in [0.15, 0.2) is 18.3 Å². The molecule has 2 aliphatic heterocycles. The van der Waals surface area contributed by atoms with Gasteiger partial charge in [0.2, 0.25) is 5.95 Å². The Labute approximate surface area is 163 Å². The molecule has 2 fully saturated rings. The van der Waals surface area contributed by atoms with Gasteiger partial charge < -0.3 is 19.7 Å². The molecular formula is C18H25N7O3. The highest BCUT2D eigenvalue weighted by molar-refractivity contribution is 5.69. The van der Waals surface area contributed by atoms with Gasteiger partial charge in [-0.25, -0.2) is 9.78 Å². The van der Waals surface area contributed by atoms with Crippen LogP contribution in [0, 0.1) is 6.92 Å². The molecule has 2 aliphatic rings. The molecule has 1 amide bonds. The van der Waals surface area contributed by atoms with Crippen LogP contribution in [0.5, 0.6) is 0 Å². The molecule has 2 aromatic heterocycles. The third-order valence-electron chi connectivity index (χ3n) is 4.75. The van der Waals surface area contributed by atoms with E-state index in [4.69, 9.17) is 9.47 Å². The molecule has 0 spiro atoms. The first-order valence-electron chi connectivity index (χ1n) is 9.46. The lowest BCUT2D eigenvalue weighted by molar-refractivity contribution is -0.0468. The van der Waals surface area contributed by atoms with E-state index >= 15 is 0 Å². The molecule has 150 valence electrons. The third kappa shape index (κ3) is 3.86. The SMILES string of the molecule is Cc1cc(Nc2cc[nH]n2)nc(N2C[C@@H]3[C@@H](C2)OCCN3C(=O)OC(C)C)n1. The van der Waals surface area contributed by atoms with E-state index in [-0.39, 0.29) is 24.3 Å². The number of morpholine rings is 1. The quantitative estimate of drug-likeness (QED) is 0.816. The van der Waals surface area contributed by atoms with Gasteiger partial charge in [0.1, 0.15) is 5.82 Å². The molecule has 2 N–H and O–H groups in total. The van der Waals surface area contributed by atoms with Gasteiger partial charge in [-0.05, 0) is 20.8 Å². The van der Waals surface area contributed by atoms with Crippen molar-refractivity contribution >= 4 is 23.7 Å².